The summed E-state index contributed by atoms with van der Waals surface area (Å²) >= 11 is 14.6. The van der Waals surface area contributed by atoms with Gasteiger partial charge < -0.3 is 19.5 Å². The van der Waals surface area contributed by atoms with E-state index in [0.717, 1.165) is 53.7 Å². The molecule has 6 atom stereocenters. The minimum Gasteiger partial charge on any atom is -0.370 e. The summed E-state index contributed by atoms with van der Waals surface area (Å²) in [7, 11) is 0. The molecule has 3 saturated heterocycles. The monoisotopic (exact) mass is 756 g/mol. The Morgan fingerprint density at radius 3 is 2.71 bits per heavy atom. The van der Waals surface area contributed by atoms with E-state index in [4.69, 9.17) is 32.9 Å². The summed E-state index contributed by atoms with van der Waals surface area (Å²) in [4.78, 5) is 21.2. The number of halogens is 3. The zero-order chi connectivity index (χ0) is 36.0. The van der Waals surface area contributed by atoms with Crippen LogP contribution in [0.5, 0.6) is 0 Å². The highest BCUT2D eigenvalue weighted by Crippen LogP contribution is 2.52. The summed E-state index contributed by atoms with van der Waals surface area (Å²) in [5.74, 6) is 0.171. The highest BCUT2D eigenvalue weighted by Gasteiger charge is 2.52. The SMILES string of the molecule is Cc1csnc1CO[C@H]1C[C@H](c2cc3c(C)nc4c(F)c(-c5cccc(Cl)c5Cl)c(CCC#N)cc4c3n2[C@H]2[C@H]3CN[C@@H]2C3)N(C(=O)C2CC2)[C@@H]1C. The number of amides is 1. The minimum atomic E-state index is -0.477. The summed E-state index contributed by atoms with van der Waals surface area (Å²) in [5, 5.41) is 17.6. The molecule has 5 aliphatic rings. The van der Waals surface area contributed by atoms with Crippen LogP contribution < -0.4 is 5.32 Å². The maximum Gasteiger partial charge on any atom is 0.226 e. The molecule has 8 nitrogen and oxygen atoms in total. The summed E-state index contributed by atoms with van der Waals surface area (Å²) < 4.78 is 30.8. The van der Waals surface area contributed by atoms with E-state index in [1.807, 2.05) is 25.3 Å². The maximum absolute atomic E-state index is 17.2. The Kier molecular flexibility index (Phi) is 8.59. The van der Waals surface area contributed by atoms with Crippen LogP contribution in [-0.4, -0.2) is 49.5 Å². The number of ether oxygens (including phenoxy) is 1. The molecule has 52 heavy (non-hydrogen) atoms. The number of aryl methyl sites for hydroxylation is 3. The number of pyridine rings is 1. The van der Waals surface area contributed by atoms with Crippen LogP contribution in [0.1, 0.15) is 79.3 Å². The van der Waals surface area contributed by atoms with Gasteiger partial charge in [0.15, 0.2) is 5.82 Å². The normalized spacial score (nSPS) is 25.3. The first-order valence-corrected chi connectivity index (χ1v) is 19.8. The van der Waals surface area contributed by atoms with E-state index >= 15 is 4.39 Å². The average Bonchev–Trinajstić information content (AvgIpc) is 3.48. The Morgan fingerprint density at radius 1 is 1.19 bits per heavy atom. The largest absolute Gasteiger partial charge is 0.370 e. The first-order chi connectivity index (χ1) is 25.2. The van der Waals surface area contributed by atoms with Crippen LogP contribution >= 0.6 is 34.7 Å². The van der Waals surface area contributed by atoms with Gasteiger partial charge in [0.05, 0.1) is 58.2 Å². The van der Waals surface area contributed by atoms with Gasteiger partial charge in [-0.05, 0) is 93.2 Å². The Hall–Kier alpha value is -3.59. The molecule has 10 rings (SSSR count). The van der Waals surface area contributed by atoms with Gasteiger partial charge >= 0.3 is 0 Å². The third-order valence-electron chi connectivity index (χ3n) is 12.0. The lowest BCUT2D eigenvalue weighted by Gasteiger charge is -2.39. The van der Waals surface area contributed by atoms with E-state index in [2.05, 4.69) is 38.2 Å². The highest BCUT2D eigenvalue weighted by molar-refractivity contribution is 7.03. The van der Waals surface area contributed by atoms with Crippen LogP contribution in [0.15, 0.2) is 35.7 Å². The molecule has 2 aromatic carbocycles. The maximum atomic E-state index is 17.2. The third kappa shape index (κ3) is 5.38. The Balaban J connectivity index is 1.25. The molecule has 5 aromatic rings. The highest BCUT2D eigenvalue weighted by atomic mass is 35.5. The topological polar surface area (TPSA) is 96.1 Å². The molecular formula is C40H39Cl2FN6O2S. The molecule has 6 heterocycles. The molecule has 3 aromatic heterocycles. The molecular weight excluding hydrogens is 718 g/mol. The van der Waals surface area contributed by atoms with Gasteiger partial charge in [-0.1, -0.05) is 35.3 Å². The van der Waals surface area contributed by atoms with Gasteiger partial charge in [-0.3, -0.25) is 4.79 Å². The molecule has 0 spiro atoms. The summed E-state index contributed by atoms with van der Waals surface area (Å²) in [6.07, 6.45) is 3.93. The lowest BCUT2D eigenvalue weighted by atomic mass is 9.79. The predicted octanol–water partition coefficient (Wildman–Crippen LogP) is 9.02. The molecule has 268 valence electrons. The predicted molar refractivity (Wildman–Crippen MR) is 202 cm³/mol. The van der Waals surface area contributed by atoms with E-state index in [1.165, 1.54) is 11.5 Å². The van der Waals surface area contributed by atoms with Gasteiger partial charge in [0.1, 0.15) is 5.52 Å². The van der Waals surface area contributed by atoms with Gasteiger partial charge in [-0.25, -0.2) is 9.37 Å². The molecule has 0 unspecified atom stereocenters. The molecule has 3 aliphatic heterocycles. The number of carbonyl (C=O) groups is 1. The second-order valence-corrected chi connectivity index (χ2v) is 16.5. The minimum absolute atomic E-state index is 0.0432. The van der Waals surface area contributed by atoms with Crippen molar-refractivity contribution in [3.63, 3.8) is 0 Å². The van der Waals surface area contributed by atoms with Crippen molar-refractivity contribution < 1.29 is 13.9 Å². The number of carbonyl (C=O) groups excluding carboxylic acids is 1. The van der Waals surface area contributed by atoms with Crippen molar-refractivity contribution in [2.45, 2.75) is 96.2 Å². The number of nitriles is 1. The number of hydrogen-bond acceptors (Lipinski definition) is 7. The molecule has 2 bridgehead atoms. The van der Waals surface area contributed by atoms with Crippen molar-refractivity contribution in [1.29, 1.82) is 5.26 Å². The van der Waals surface area contributed by atoms with Gasteiger partial charge in [0, 0.05) is 70.0 Å². The van der Waals surface area contributed by atoms with Crippen LogP contribution in [0.2, 0.25) is 10.0 Å². The fraction of sp³-hybridized carbons (Fsp3) is 0.450. The first-order valence-electron chi connectivity index (χ1n) is 18.2. The number of fused-ring (bicyclic) bond motifs is 4. The van der Waals surface area contributed by atoms with Crippen molar-refractivity contribution in [3.05, 3.63) is 79.8 Å². The number of aromatic nitrogens is 3. The molecule has 0 radical (unpaired) electrons. The lowest BCUT2D eigenvalue weighted by Crippen LogP contribution is -2.43. The number of benzene rings is 2. The van der Waals surface area contributed by atoms with Crippen LogP contribution in [-0.2, 0) is 22.6 Å². The fourth-order valence-corrected chi connectivity index (χ4v) is 10.2. The van der Waals surface area contributed by atoms with E-state index in [0.29, 0.717) is 58.2 Å². The Labute approximate surface area is 316 Å². The molecule has 5 fully saturated rings. The quantitative estimate of drug-likeness (QED) is 0.161. The number of rotatable bonds is 9. The van der Waals surface area contributed by atoms with Gasteiger partial charge in [0.25, 0.3) is 0 Å². The van der Waals surface area contributed by atoms with Crippen LogP contribution in [0.4, 0.5) is 4.39 Å². The van der Waals surface area contributed by atoms with E-state index in [-0.39, 0.29) is 59.1 Å². The average molecular weight is 758 g/mol. The zero-order valence-electron chi connectivity index (χ0n) is 29.3. The Morgan fingerprint density at radius 2 is 2.02 bits per heavy atom. The number of nitrogens with one attached hydrogen (secondary N) is 1. The van der Waals surface area contributed by atoms with Gasteiger partial charge in [-0.2, -0.15) is 9.64 Å². The smallest absolute Gasteiger partial charge is 0.226 e. The van der Waals surface area contributed by atoms with Crippen molar-refractivity contribution in [2.24, 2.45) is 11.8 Å². The summed E-state index contributed by atoms with van der Waals surface area (Å²) in [5.41, 5.74) is 6.48. The fourth-order valence-electron chi connectivity index (χ4n) is 9.09. The van der Waals surface area contributed by atoms with Crippen molar-refractivity contribution in [2.75, 3.05) is 6.54 Å². The molecule has 12 heteroatoms. The molecule has 2 saturated carbocycles. The second-order valence-electron chi connectivity index (χ2n) is 15.1. The standard InChI is InChI=1S/C40H39Cl2FN6O2S/c1-19-18-52-47-30(19)17-51-33-15-32(48(21(33)3)40(50)22-9-10-22)31-14-26-20(2)46-37-27(39(26)49(31)38-24-13-29(38)45-16-24)12-23(6-5-11-44)34(36(37)43)25-7-4-8-28(41)35(25)42/h4,7-8,12,14,18,21-22,24,29,32-33,38,45H,5-6,9-10,13,15-17H2,1-3H3/t21-,24-,29-,32-,33+,38+/m1/s1. The van der Waals surface area contributed by atoms with Gasteiger partial charge in [0.2, 0.25) is 5.91 Å². The Bertz CT molecular complexity index is 2300. The second kappa shape index (κ2) is 13.1. The summed E-state index contributed by atoms with van der Waals surface area (Å²) in [6.45, 7) is 7.42. The number of nitrogens with zero attached hydrogens (tertiary/aromatic N) is 5. The lowest BCUT2D eigenvalue weighted by molar-refractivity contribution is -0.136. The summed E-state index contributed by atoms with van der Waals surface area (Å²) in [6, 6.07) is 11.7. The van der Waals surface area contributed by atoms with E-state index in [1.54, 1.807) is 18.2 Å². The van der Waals surface area contributed by atoms with Crippen molar-refractivity contribution in [3.8, 4) is 17.2 Å². The van der Waals surface area contributed by atoms with Gasteiger partial charge in [-0.15, -0.1) is 0 Å². The van der Waals surface area contributed by atoms with Crippen LogP contribution in [0.25, 0.3) is 32.9 Å². The van der Waals surface area contributed by atoms with Crippen molar-refractivity contribution >= 4 is 62.4 Å². The van der Waals surface area contributed by atoms with Crippen molar-refractivity contribution in [1.82, 2.24) is 24.1 Å². The molecule has 1 N–H and O–H groups in total. The number of hydrogen-bond donors (Lipinski definition) is 1. The van der Waals surface area contributed by atoms with E-state index < -0.39 is 5.82 Å². The van der Waals surface area contributed by atoms with Crippen LogP contribution in [0.3, 0.4) is 0 Å². The third-order valence-corrected chi connectivity index (χ3v) is 13.6. The first kappa shape index (κ1) is 34.2. The number of likely N-dealkylation sites (tertiary alicyclic amines) is 1. The van der Waals surface area contributed by atoms with E-state index in [9.17, 15) is 10.1 Å². The van der Waals surface area contributed by atoms with Crippen LogP contribution in [0, 0.1) is 42.8 Å². The molecule has 1 amide bonds. The zero-order valence-corrected chi connectivity index (χ0v) is 31.6. The molecule has 2 aliphatic carbocycles.